The third-order valence-corrected chi connectivity index (χ3v) is 3.04. The van der Waals surface area contributed by atoms with Crippen LogP contribution in [-0.4, -0.2) is 37.8 Å². The van der Waals surface area contributed by atoms with Gasteiger partial charge in [0, 0.05) is 40.3 Å². The van der Waals surface area contributed by atoms with Gasteiger partial charge in [-0.15, -0.1) is 0 Å². The van der Waals surface area contributed by atoms with Crippen LogP contribution in [0.5, 0.6) is 0 Å². The summed E-state index contributed by atoms with van der Waals surface area (Å²) in [4.78, 5) is 0. The summed E-state index contributed by atoms with van der Waals surface area (Å²) in [5.41, 5.74) is 1.68. The molecule has 0 aliphatic carbocycles. The first-order valence-corrected chi connectivity index (χ1v) is 7.69. The average Bonchev–Trinajstić information content (AvgIpc) is 2.10. The quantitative estimate of drug-likeness (QED) is 0.524. The summed E-state index contributed by atoms with van der Waals surface area (Å²) >= 11 is 0. The first kappa shape index (κ1) is 29.2. The molecule has 0 aromatic rings. The van der Waals surface area contributed by atoms with Gasteiger partial charge < -0.3 is 0 Å². The second kappa shape index (κ2) is 53.9. The summed E-state index contributed by atoms with van der Waals surface area (Å²) < 4.78 is 0. The van der Waals surface area contributed by atoms with Gasteiger partial charge in [0.15, 0.2) is 0 Å². The summed E-state index contributed by atoms with van der Waals surface area (Å²) in [5.74, 6) is 0. The Labute approximate surface area is 108 Å². The van der Waals surface area contributed by atoms with Crippen LogP contribution in [0.2, 0.25) is 12.1 Å². The second-order valence-electron chi connectivity index (χ2n) is 1.32. The van der Waals surface area contributed by atoms with Crippen molar-refractivity contribution in [1.29, 1.82) is 0 Å². The molecule has 0 aliphatic heterocycles. The molecule has 0 rings (SSSR count). The van der Waals surface area contributed by atoms with Crippen molar-refractivity contribution in [2.45, 2.75) is 19.5 Å². The minimum Gasteiger partial charge on any atom is -0.161 e. The average molecular weight is 422 g/mol. The van der Waals surface area contributed by atoms with Crippen LogP contribution in [0.3, 0.4) is 0 Å². The zero-order chi connectivity index (χ0) is 9.54. The van der Waals surface area contributed by atoms with E-state index in [4.69, 9.17) is 12.0 Å². The molecule has 0 saturated carbocycles. The van der Waals surface area contributed by atoms with Gasteiger partial charge in [-0.25, -0.2) is 0 Å². The van der Waals surface area contributed by atoms with Gasteiger partial charge in [-0.05, 0) is 30.4 Å². The van der Waals surface area contributed by atoms with Crippen molar-refractivity contribution < 1.29 is 21.1 Å². The van der Waals surface area contributed by atoms with E-state index in [2.05, 4.69) is 12.6 Å². The zero-order valence-electron chi connectivity index (χ0n) is 7.32. The summed E-state index contributed by atoms with van der Waals surface area (Å²) in [5, 5.41) is 0. The summed E-state index contributed by atoms with van der Waals surface area (Å²) in [6, 6.07) is 17.2. The van der Waals surface area contributed by atoms with Gasteiger partial charge in [-0.1, -0.05) is 20.0 Å². The molecule has 5 heteroatoms. The SMILES string of the molecule is C.C#[SiH].C#[Si]C=C.C#[Si]CC[SiH3].[Pt]. The largest absolute Gasteiger partial charge is 0.161 e. The predicted octanol–water partition coefficient (Wildman–Crippen LogP) is 0.0145. The molecule has 0 amide bonds. The van der Waals surface area contributed by atoms with Crippen molar-refractivity contribution in [3.63, 3.8) is 0 Å². The molecule has 0 aromatic carbocycles. The van der Waals surface area contributed by atoms with Gasteiger partial charge in [-0.3, -0.25) is 0 Å². The van der Waals surface area contributed by atoms with Crippen LogP contribution in [0, 0.1) is 18.0 Å². The number of hydrogen-bond acceptors (Lipinski definition) is 0. The molecule has 0 N–H and O–H groups in total. The molecule has 0 spiro atoms. The Kier molecular flexibility index (Phi) is 121. The van der Waals surface area contributed by atoms with Gasteiger partial charge in [0.05, 0.1) is 0 Å². The van der Waals surface area contributed by atoms with E-state index < -0.39 is 0 Å². The second-order valence-corrected chi connectivity index (χ2v) is 3.97. The van der Waals surface area contributed by atoms with E-state index in [0.717, 1.165) is 0 Å². The van der Waals surface area contributed by atoms with Crippen LogP contribution in [0.25, 0.3) is 0 Å². The molecule has 0 heterocycles. The molecule has 0 unspecified atom stereocenters. The van der Waals surface area contributed by atoms with E-state index in [0.29, 0.717) is 17.9 Å². The fraction of sp³-hybridized carbons (Fsp3) is 0.375. The fourth-order valence-electron chi connectivity index (χ4n) is 0.144. The van der Waals surface area contributed by atoms with Crippen molar-refractivity contribution in [3.8, 4) is 18.0 Å². The molecular formula is C8H18PtSi4. The Bertz CT molecular complexity index is 163. The fourth-order valence-corrected chi connectivity index (χ4v) is 1.30. The van der Waals surface area contributed by atoms with Crippen LogP contribution in [-0.2, 0) is 21.1 Å². The predicted molar refractivity (Wildman–Crippen MR) is 70.0 cm³/mol. The van der Waals surface area contributed by atoms with E-state index in [1.54, 1.807) is 5.70 Å². The van der Waals surface area contributed by atoms with Crippen LogP contribution in [0.15, 0.2) is 12.3 Å². The molecule has 0 bridgehead atoms. The van der Waals surface area contributed by atoms with Crippen LogP contribution >= 0.6 is 0 Å². The number of hydrogen-bond donors (Lipinski definition) is 0. The maximum absolute atomic E-state index is 5.19. The van der Waals surface area contributed by atoms with E-state index in [1.807, 2.05) is 9.68 Å². The Morgan fingerprint density at radius 1 is 1.38 bits per heavy atom. The first-order valence-electron chi connectivity index (χ1n) is 3.17. The monoisotopic (exact) mass is 421 g/mol. The zero-order valence-corrected chi connectivity index (χ0v) is 14.8. The first-order chi connectivity index (χ1) is 5.33. The molecule has 0 aromatic heterocycles. The maximum atomic E-state index is 5.19. The molecule has 0 fully saturated rings. The third kappa shape index (κ3) is 108. The smallest absolute Gasteiger partial charge is 0.0106 e. The summed E-state index contributed by atoms with van der Waals surface area (Å²) in [6.45, 7) is 3.37. The van der Waals surface area contributed by atoms with E-state index in [-0.39, 0.29) is 28.5 Å². The van der Waals surface area contributed by atoms with Gasteiger partial charge in [0.25, 0.3) is 0 Å². The Morgan fingerprint density at radius 2 is 1.69 bits per heavy atom. The minimum atomic E-state index is 0. The van der Waals surface area contributed by atoms with Crippen LogP contribution < -0.4 is 0 Å². The van der Waals surface area contributed by atoms with Gasteiger partial charge in [-0.2, -0.15) is 18.0 Å². The minimum absolute atomic E-state index is 0. The van der Waals surface area contributed by atoms with Crippen molar-refractivity contribution in [3.05, 3.63) is 12.3 Å². The standard InChI is InChI=1S/C3H8Si2.C3H4Si.CH2Si.CH4.Pt/c1-5-3-2-4;1-3-4-2;1-2;;/h1H,2-3H2,4H3;2-3H,1H2;1-2H;1H4;. The Balaban J connectivity index is -0.0000000246. The normalized spacial score (nSPS) is 4.00. The Morgan fingerprint density at radius 3 is 1.69 bits per heavy atom. The van der Waals surface area contributed by atoms with E-state index >= 15 is 0 Å². The van der Waals surface area contributed by atoms with Gasteiger partial charge in [0.1, 0.15) is 0 Å². The van der Waals surface area contributed by atoms with Crippen molar-refractivity contribution in [1.82, 2.24) is 0 Å². The van der Waals surface area contributed by atoms with Crippen molar-refractivity contribution in [2.75, 3.05) is 0 Å². The Hall–Kier alpha value is 0.636. The molecule has 0 radical (unpaired) electrons. The summed E-state index contributed by atoms with van der Waals surface area (Å²) in [7, 11) is 4.34. The molecule has 0 saturated heterocycles. The van der Waals surface area contributed by atoms with Gasteiger partial charge in [0.2, 0.25) is 0 Å². The molecule has 0 nitrogen and oxygen atoms in total. The van der Waals surface area contributed by atoms with Crippen LogP contribution in [0.1, 0.15) is 7.43 Å². The van der Waals surface area contributed by atoms with Crippen molar-refractivity contribution in [2.24, 2.45) is 0 Å². The molecule has 76 valence electrons. The molecular weight excluding hydrogens is 404 g/mol. The topological polar surface area (TPSA) is 0 Å². The molecule has 13 heavy (non-hydrogen) atoms. The molecule has 0 aliphatic rings. The van der Waals surface area contributed by atoms with Crippen LogP contribution in [0.4, 0.5) is 0 Å². The van der Waals surface area contributed by atoms with Crippen molar-refractivity contribution >= 4 is 37.8 Å². The molecule has 0 atom stereocenters. The third-order valence-electron chi connectivity index (χ3n) is 0.512. The maximum Gasteiger partial charge on any atom is 0.0106 e. The van der Waals surface area contributed by atoms with E-state index in [9.17, 15) is 0 Å². The van der Waals surface area contributed by atoms with Gasteiger partial charge >= 0.3 is 0 Å². The van der Waals surface area contributed by atoms with E-state index in [1.165, 1.54) is 22.3 Å². The number of rotatable bonds is 1. The summed E-state index contributed by atoms with van der Waals surface area (Å²) in [6.07, 6.45) is 0.